The van der Waals surface area contributed by atoms with Crippen molar-refractivity contribution in [2.75, 3.05) is 7.11 Å². The SMILES string of the molecule is COc1cnn(Cc2cccc(C(F)(F)F)c2)c1Cl. The molecule has 0 aliphatic rings. The van der Waals surface area contributed by atoms with Crippen LogP contribution in [0.1, 0.15) is 11.1 Å². The standard InChI is InChI=1S/C12H10ClF3N2O/c1-19-10-6-17-18(11(10)13)7-8-3-2-4-9(5-8)12(14,15)16/h2-6H,7H2,1H3. The van der Waals surface area contributed by atoms with E-state index >= 15 is 0 Å². The molecule has 0 radical (unpaired) electrons. The van der Waals surface area contributed by atoms with Gasteiger partial charge in [-0.1, -0.05) is 23.7 Å². The molecule has 2 aromatic rings. The lowest BCUT2D eigenvalue weighted by molar-refractivity contribution is -0.137. The lowest BCUT2D eigenvalue weighted by Gasteiger charge is -2.09. The maximum atomic E-state index is 12.6. The molecular formula is C12H10ClF3N2O. The molecule has 19 heavy (non-hydrogen) atoms. The molecule has 1 aromatic heterocycles. The Balaban J connectivity index is 2.26. The molecule has 0 amide bonds. The van der Waals surface area contributed by atoms with Crippen molar-refractivity contribution in [3.05, 3.63) is 46.7 Å². The lowest BCUT2D eigenvalue weighted by Crippen LogP contribution is -2.07. The van der Waals surface area contributed by atoms with Crippen LogP contribution in [-0.2, 0) is 12.7 Å². The number of ether oxygens (including phenoxy) is 1. The van der Waals surface area contributed by atoms with Crippen LogP contribution in [0, 0.1) is 0 Å². The topological polar surface area (TPSA) is 27.1 Å². The van der Waals surface area contributed by atoms with Gasteiger partial charge in [0.25, 0.3) is 0 Å². The van der Waals surface area contributed by atoms with E-state index in [9.17, 15) is 13.2 Å². The largest absolute Gasteiger partial charge is 0.492 e. The Bertz CT molecular complexity index is 581. The first-order valence-electron chi connectivity index (χ1n) is 5.33. The Hall–Kier alpha value is -1.69. The molecule has 0 aliphatic carbocycles. The highest BCUT2D eigenvalue weighted by atomic mass is 35.5. The van der Waals surface area contributed by atoms with E-state index in [1.165, 1.54) is 24.1 Å². The number of methoxy groups -OCH3 is 1. The molecule has 0 atom stereocenters. The molecule has 102 valence electrons. The normalized spacial score (nSPS) is 11.6. The summed E-state index contributed by atoms with van der Waals surface area (Å²) in [6.07, 6.45) is -2.95. The minimum absolute atomic E-state index is 0.145. The quantitative estimate of drug-likeness (QED) is 0.863. The second-order valence-corrected chi connectivity index (χ2v) is 4.22. The second-order valence-electron chi connectivity index (χ2n) is 3.86. The molecule has 0 spiro atoms. The van der Waals surface area contributed by atoms with Gasteiger partial charge in [0.1, 0.15) is 0 Å². The first-order chi connectivity index (χ1) is 8.91. The van der Waals surface area contributed by atoms with Crippen molar-refractivity contribution in [2.24, 2.45) is 0 Å². The number of alkyl halides is 3. The number of hydrogen-bond donors (Lipinski definition) is 0. The number of aromatic nitrogens is 2. The van der Waals surface area contributed by atoms with Crippen LogP contribution < -0.4 is 4.74 Å². The van der Waals surface area contributed by atoms with Crippen molar-refractivity contribution in [3.63, 3.8) is 0 Å². The van der Waals surface area contributed by atoms with Crippen LogP contribution in [0.25, 0.3) is 0 Å². The van der Waals surface area contributed by atoms with Gasteiger partial charge < -0.3 is 4.74 Å². The molecule has 1 heterocycles. The van der Waals surface area contributed by atoms with Gasteiger partial charge in [0.2, 0.25) is 0 Å². The summed E-state index contributed by atoms with van der Waals surface area (Å²) in [4.78, 5) is 0. The van der Waals surface area contributed by atoms with Crippen LogP contribution >= 0.6 is 11.6 Å². The van der Waals surface area contributed by atoms with E-state index < -0.39 is 11.7 Å². The molecule has 0 fully saturated rings. The predicted octanol–water partition coefficient (Wildman–Crippen LogP) is 3.61. The fraction of sp³-hybridized carbons (Fsp3) is 0.250. The van der Waals surface area contributed by atoms with Gasteiger partial charge >= 0.3 is 6.18 Å². The smallest absolute Gasteiger partial charge is 0.416 e. The number of halogens is 4. The molecule has 0 saturated heterocycles. The number of nitrogens with zero attached hydrogens (tertiary/aromatic N) is 2. The fourth-order valence-electron chi connectivity index (χ4n) is 1.62. The third-order valence-electron chi connectivity index (χ3n) is 2.55. The molecule has 3 nitrogen and oxygen atoms in total. The molecule has 0 saturated carbocycles. The maximum absolute atomic E-state index is 12.6. The van der Waals surface area contributed by atoms with Gasteiger partial charge in [-0.2, -0.15) is 18.3 Å². The van der Waals surface area contributed by atoms with E-state index in [-0.39, 0.29) is 11.7 Å². The lowest BCUT2D eigenvalue weighted by atomic mass is 10.1. The summed E-state index contributed by atoms with van der Waals surface area (Å²) in [5.41, 5.74) is -0.234. The zero-order valence-corrected chi connectivity index (χ0v) is 10.7. The summed E-state index contributed by atoms with van der Waals surface area (Å²) >= 11 is 5.96. The van der Waals surface area contributed by atoms with Gasteiger partial charge in [-0.3, -0.25) is 0 Å². The summed E-state index contributed by atoms with van der Waals surface area (Å²) in [6, 6.07) is 5.03. The summed E-state index contributed by atoms with van der Waals surface area (Å²) in [7, 11) is 1.44. The zero-order chi connectivity index (χ0) is 14.0. The summed E-state index contributed by atoms with van der Waals surface area (Å²) in [5.74, 6) is 0.383. The van der Waals surface area contributed by atoms with Crippen molar-refractivity contribution >= 4 is 11.6 Å². The van der Waals surface area contributed by atoms with E-state index in [0.29, 0.717) is 11.3 Å². The third kappa shape index (κ3) is 3.01. The molecular weight excluding hydrogens is 281 g/mol. The minimum atomic E-state index is -4.36. The predicted molar refractivity (Wildman–Crippen MR) is 64.3 cm³/mol. The fourth-order valence-corrected chi connectivity index (χ4v) is 1.85. The highest BCUT2D eigenvalue weighted by molar-refractivity contribution is 6.31. The van der Waals surface area contributed by atoms with Crippen molar-refractivity contribution in [1.29, 1.82) is 0 Å². The van der Waals surface area contributed by atoms with Crippen LogP contribution in [0.3, 0.4) is 0 Å². The molecule has 1 aromatic carbocycles. The summed E-state index contributed by atoms with van der Waals surface area (Å²) in [6.45, 7) is 0.145. The van der Waals surface area contributed by atoms with Crippen LogP contribution in [-0.4, -0.2) is 16.9 Å². The first kappa shape index (κ1) is 13.7. The van der Waals surface area contributed by atoms with Crippen LogP contribution in [0.2, 0.25) is 5.15 Å². The van der Waals surface area contributed by atoms with Gasteiger partial charge in [-0.05, 0) is 17.7 Å². The van der Waals surface area contributed by atoms with Crippen molar-refractivity contribution < 1.29 is 17.9 Å². The first-order valence-corrected chi connectivity index (χ1v) is 5.71. The molecule has 0 N–H and O–H groups in total. The van der Waals surface area contributed by atoms with Gasteiger partial charge in [-0.15, -0.1) is 0 Å². The average molecular weight is 291 g/mol. The van der Waals surface area contributed by atoms with Gasteiger partial charge in [0.05, 0.1) is 25.4 Å². The molecule has 7 heteroatoms. The van der Waals surface area contributed by atoms with E-state index in [2.05, 4.69) is 5.10 Å². The van der Waals surface area contributed by atoms with E-state index in [0.717, 1.165) is 12.1 Å². The number of benzene rings is 1. The van der Waals surface area contributed by atoms with Crippen LogP contribution in [0.5, 0.6) is 5.75 Å². The number of rotatable bonds is 3. The van der Waals surface area contributed by atoms with Gasteiger partial charge in [-0.25, -0.2) is 4.68 Å². The maximum Gasteiger partial charge on any atom is 0.416 e. The molecule has 0 bridgehead atoms. The van der Waals surface area contributed by atoms with Crippen LogP contribution in [0.4, 0.5) is 13.2 Å². The highest BCUT2D eigenvalue weighted by Gasteiger charge is 2.30. The third-order valence-corrected chi connectivity index (χ3v) is 2.93. The molecule has 2 rings (SSSR count). The van der Waals surface area contributed by atoms with Gasteiger partial charge in [0, 0.05) is 0 Å². The Morgan fingerprint density at radius 3 is 2.68 bits per heavy atom. The second kappa shape index (κ2) is 5.13. The summed E-state index contributed by atoms with van der Waals surface area (Å²) in [5, 5.41) is 4.20. The Kier molecular flexibility index (Phi) is 3.71. The average Bonchev–Trinajstić information content (AvgIpc) is 2.70. The Morgan fingerprint density at radius 1 is 1.37 bits per heavy atom. The highest BCUT2D eigenvalue weighted by Crippen LogP contribution is 2.30. The van der Waals surface area contributed by atoms with Gasteiger partial charge in [0.15, 0.2) is 10.9 Å². The Labute approximate surface area is 112 Å². The number of hydrogen-bond acceptors (Lipinski definition) is 2. The minimum Gasteiger partial charge on any atom is -0.492 e. The molecule has 0 aliphatic heterocycles. The Morgan fingerprint density at radius 2 is 2.11 bits per heavy atom. The summed E-state index contributed by atoms with van der Waals surface area (Å²) < 4.78 is 44.0. The van der Waals surface area contributed by atoms with Crippen molar-refractivity contribution in [3.8, 4) is 5.75 Å². The van der Waals surface area contributed by atoms with E-state index in [1.54, 1.807) is 6.07 Å². The van der Waals surface area contributed by atoms with E-state index in [1.807, 2.05) is 0 Å². The van der Waals surface area contributed by atoms with E-state index in [4.69, 9.17) is 16.3 Å². The zero-order valence-electron chi connectivity index (χ0n) is 9.91. The van der Waals surface area contributed by atoms with Crippen molar-refractivity contribution in [2.45, 2.75) is 12.7 Å². The molecule has 0 unspecified atom stereocenters. The monoisotopic (exact) mass is 290 g/mol. The van der Waals surface area contributed by atoms with Crippen LogP contribution in [0.15, 0.2) is 30.5 Å². The van der Waals surface area contributed by atoms with Crippen molar-refractivity contribution in [1.82, 2.24) is 9.78 Å².